The van der Waals surface area contributed by atoms with Gasteiger partial charge in [0.15, 0.2) is 0 Å². The third-order valence-corrected chi connectivity index (χ3v) is 3.54. The van der Waals surface area contributed by atoms with Gasteiger partial charge in [-0.2, -0.15) is 0 Å². The Morgan fingerprint density at radius 2 is 2.00 bits per heavy atom. The zero-order chi connectivity index (χ0) is 17.4. The van der Waals surface area contributed by atoms with Crippen molar-refractivity contribution >= 4 is 11.9 Å². The van der Waals surface area contributed by atoms with Crippen LogP contribution in [0, 0.1) is 12.7 Å². The summed E-state index contributed by atoms with van der Waals surface area (Å²) >= 11 is 0. The Kier molecular flexibility index (Phi) is 6.66. The normalized spacial score (nSPS) is 10.5. The van der Waals surface area contributed by atoms with Crippen LogP contribution in [-0.4, -0.2) is 29.0 Å². The van der Waals surface area contributed by atoms with Gasteiger partial charge in [0.2, 0.25) is 5.95 Å². The molecule has 0 unspecified atom stereocenters. The fourth-order valence-electron chi connectivity index (χ4n) is 2.24. The van der Waals surface area contributed by atoms with Crippen molar-refractivity contribution < 1.29 is 9.18 Å². The molecule has 0 atom stereocenters. The summed E-state index contributed by atoms with van der Waals surface area (Å²) in [6, 6.07) is 8.32. The van der Waals surface area contributed by atoms with Crippen LogP contribution in [0.1, 0.15) is 41.5 Å². The predicted molar refractivity (Wildman–Crippen MR) is 92.6 cm³/mol. The molecule has 6 heteroatoms. The molecule has 0 aliphatic carbocycles. The number of hydrogen-bond donors (Lipinski definition) is 2. The molecule has 0 spiro atoms. The van der Waals surface area contributed by atoms with E-state index in [1.165, 1.54) is 6.07 Å². The van der Waals surface area contributed by atoms with Gasteiger partial charge in [0.05, 0.1) is 0 Å². The van der Waals surface area contributed by atoms with E-state index in [4.69, 9.17) is 0 Å². The molecular weight excluding hydrogens is 307 g/mol. The summed E-state index contributed by atoms with van der Waals surface area (Å²) in [6.07, 6.45) is 2.47. The molecule has 0 fully saturated rings. The number of carbonyl (C=O) groups is 1. The van der Waals surface area contributed by atoms with E-state index in [0.717, 1.165) is 12.8 Å². The first-order valence-corrected chi connectivity index (χ1v) is 8.21. The SMILES string of the molecule is CCCCNC(=O)c1cc(C)nc(NCCc2ccccc2F)n1. The van der Waals surface area contributed by atoms with Crippen LogP contribution < -0.4 is 10.6 Å². The summed E-state index contributed by atoms with van der Waals surface area (Å²) in [5.74, 6) is -0.0430. The fraction of sp³-hybridized carbons (Fsp3) is 0.389. The number of aryl methyl sites for hydroxylation is 1. The molecule has 128 valence electrons. The number of carbonyl (C=O) groups excluding carboxylic acids is 1. The molecule has 0 saturated carbocycles. The van der Waals surface area contributed by atoms with Gasteiger partial charge >= 0.3 is 0 Å². The lowest BCUT2D eigenvalue weighted by molar-refractivity contribution is 0.0948. The molecule has 1 amide bonds. The minimum Gasteiger partial charge on any atom is -0.354 e. The first-order valence-electron chi connectivity index (χ1n) is 8.21. The Labute approximate surface area is 141 Å². The summed E-state index contributed by atoms with van der Waals surface area (Å²) in [6.45, 7) is 5.00. The van der Waals surface area contributed by atoms with E-state index in [1.807, 2.05) is 6.92 Å². The molecule has 2 aromatic rings. The average molecular weight is 330 g/mol. The van der Waals surface area contributed by atoms with Crippen LogP contribution >= 0.6 is 0 Å². The van der Waals surface area contributed by atoms with Crippen LogP contribution in [0.25, 0.3) is 0 Å². The van der Waals surface area contributed by atoms with E-state index in [0.29, 0.717) is 42.4 Å². The van der Waals surface area contributed by atoms with Crippen LogP contribution in [0.5, 0.6) is 0 Å². The van der Waals surface area contributed by atoms with Crippen molar-refractivity contribution in [2.75, 3.05) is 18.4 Å². The third-order valence-electron chi connectivity index (χ3n) is 3.54. The lowest BCUT2D eigenvalue weighted by Gasteiger charge is -2.09. The summed E-state index contributed by atoms with van der Waals surface area (Å²) in [7, 11) is 0. The number of aromatic nitrogens is 2. The first-order chi connectivity index (χ1) is 11.6. The average Bonchev–Trinajstić information content (AvgIpc) is 2.56. The second-order valence-corrected chi connectivity index (χ2v) is 5.60. The highest BCUT2D eigenvalue weighted by Gasteiger charge is 2.10. The fourth-order valence-corrected chi connectivity index (χ4v) is 2.24. The van der Waals surface area contributed by atoms with Gasteiger partial charge in [-0.05, 0) is 37.5 Å². The molecule has 2 rings (SSSR count). The van der Waals surface area contributed by atoms with Gasteiger partial charge in [0.1, 0.15) is 11.5 Å². The third kappa shape index (κ3) is 5.30. The minimum atomic E-state index is -0.222. The van der Waals surface area contributed by atoms with Crippen molar-refractivity contribution in [3.05, 3.63) is 53.1 Å². The van der Waals surface area contributed by atoms with Crippen LogP contribution in [-0.2, 0) is 6.42 Å². The van der Waals surface area contributed by atoms with Crippen LogP contribution in [0.3, 0.4) is 0 Å². The molecule has 0 aliphatic heterocycles. The predicted octanol–water partition coefficient (Wildman–Crippen LogP) is 3.11. The van der Waals surface area contributed by atoms with Crippen molar-refractivity contribution in [2.24, 2.45) is 0 Å². The molecule has 0 bridgehead atoms. The van der Waals surface area contributed by atoms with Crippen molar-refractivity contribution in [3.63, 3.8) is 0 Å². The van der Waals surface area contributed by atoms with E-state index < -0.39 is 0 Å². The minimum absolute atomic E-state index is 0.203. The second kappa shape index (κ2) is 8.96. The smallest absolute Gasteiger partial charge is 0.270 e. The summed E-state index contributed by atoms with van der Waals surface area (Å²) in [5, 5.41) is 5.89. The quantitative estimate of drug-likeness (QED) is 0.730. The lowest BCUT2D eigenvalue weighted by Crippen LogP contribution is -2.26. The highest BCUT2D eigenvalue weighted by atomic mass is 19.1. The number of halogens is 1. The van der Waals surface area contributed by atoms with Crippen molar-refractivity contribution in [1.29, 1.82) is 0 Å². The van der Waals surface area contributed by atoms with Gasteiger partial charge in [-0.15, -0.1) is 0 Å². The van der Waals surface area contributed by atoms with Gasteiger partial charge in [-0.1, -0.05) is 31.5 Å². The number of unbranched alkanes of at least 4 members (excludes halogenated alkanes) is 1. The van der Waals surface area contributed by atoms with Crippen LogP contribution in [0.2, 0.25) is 0 Å². The maximum Gasteiger partial charge on any atom is 0.270 e. The van der Waals surface area contributed by atoms with Gasteiger partial charge in [-0.3, -0.25) is 4.79 Å². The second-order valence-electron chi connectivity index (χ2n) is 5.60. The standard InChI is InChI=1S/C18H23FN4O/c1-3-4-10-20-17(24)16-12-13(2)22-18(23-16)21-11-9-14-7-5-6-8-15(14)19/h5-8,12H,3-4,9-11H2,1-2H3,(H,20,24)(H,21,22,23). The number of hydrogen-bond acceptors (Lipinski definition) is 4. The summed E-state index contributed by atoms with van der Waals surface area (Å²) < 4.78 is 13.6. The van der Waals surface area contributed by atoms with Crippen molar-refractivity contribution in [3.8, 4) is 0 Å². The number of benzene rings is 1. The number of nitrogens with zero attached hydrogens (tertiary/aromatic N) is 2. The Hall–Kier alpha value is -2.50. The molecule has 1 aromatic carbocycles. The first kappa shape index (κ1) is 17.8. The molecule has 1 aromatic heterocycles. The number of anilines is 1. The Morgan fingerprint density at radius 3 is 2.75 bits per heavy atom. The highest BCUT2D eigenvalue weighted by Crippen LogP contribution is 2.09. The number of amides is 1. The Morgan fingerprint density at radius 1 is 1.21 bits per heavy atom. The maximum atomic E-state index is 13.6. The molecule has 1 heterocycles. The lowest BCUT2D eigenvalue weighted by atomic mass is 10.1. The van der Waals surface area contributed by atoms with Gasteiger partial charge in [-0.25, -0.2) is 14.4 Å². The Bertz CT molecular complexity index is 690. The van der Waals surface area contributed by atoms with Crippen LogP contribution in [0.4, 0.5) is 10.3 Å². The molecule has 2 N–H and O–H groups in total. The summed E-state index contributed by atoms with van der Waals surface area (Å²) in [4.78, 5) is 20.6. The van der Waals surface area contributed by atoms with Gasteiger partial charge in [0, 0.05) is 18.8 Å². The molecule has 5 nitrogen and oxygen atoms in total. The zero-order valence-corrected chi connectivity index (χ0v) is 14.1. The van der Waals surface area contributed by atoms with Gasteiger partial charge < -0.3 is 10.6 Å². The van der Waals surface area contributed by atoms with Crippen molar-refractivity contribution in [2.45, 2.75) is 33.1 Å². The molecular formula is C18H23FN4O. The largest absolute Gasteiger partial charge is 0.354 e. The molecule has 0 aliphatic rings. The topological polar surface area (TPSA) is 66.9 Å². The van der Waals surface area contributed by atoms with E-state index in [-0.39, 0.29) is 11.7 Å². The number of rotatable bonds is 8. The van der Waals surface area contributed by atoms with Crippen molar-refractivity contribution in [1.82, 2.24) is 15.3 Å². The highest BCUT2D eigenvalue weighted by molar-refractivity contribution is 5.92. The number of nitrogens with one attached hydrogen (secondary N) is 2. The van der Waals surface area contributed by atoms with E-state index >= 15 is 0 Å². The summed E-state index contributed by atoms with van der Waals surface area (Å²) in [5.41, 5.74) is 1.68. The van der Waals surface area contributed by atoms with E-state index in [2.05, 4.69) is 27.5 Å². The Balaban J connectivity index is 1.95. The van der Waals surface area contributed by atoms with Gasteiger partial charge in [0.25, 0.3) is 5.91 Å². The van der Waals surface area contributed by atoms with E-state index in [1.54, 1.807) is 24.3 Å². The van der Waals surface area contributed by atoms with Crippen LogP contribution in [0.15, 0.2) is 30.3 Å². The van der Waals surface area contributed by atoms with E-state index in [9.17, 15) is 9.18 Å². The maximum absolute atomic E-state index is 13.6. The molecule has 24 heavy (non-hydrogen) atoms. The molecule has 0 radical (unpaired) electrons. The zero-order valence-electron chi connectivity index (χ0n) is 14.1. The molecule has 0 saturated heterocycles. The monoisotopic (exact) mass is 330 g/mol.